The molecule has 0 bridgehead atoms. The molecule has 0 fully saturated rings. The molecule has 11 heteroatoms. The monoisotopic (exact) mass is 412 g/mol. The summed E-state index contributed by atoms with van der Waals surface area (Å²) in [5.41, 5.74) is -0.830. The van der Waals surface area contributed by atoms with Gasteiger partial charge in [0.2, 0.25) is 10.0 Å². The van der Waals surface area contributed by atoms with Crippen molar-refractivity contribution in [1.29, 1.82) is 0 Å². The van der Waals surface area contributed by atoms with Crippen LogP contribution in [0.3, 0.4) is 0 Å². The van der Waals surface area contributed by atoms with Crippen molar-refractivity contribution < 1.29 is 60.8 Å². The van der Waals surface area contributed by atoms with Crippen molar-refractivity contribution in [2.45, 2.75) is 66.2 Å². The summed E-state index contributed by atoms with van der Waals surface area (Å²) in [5.74, 6) is 0. The molecule has 0 aromatic heterocycles. The number of hydrogen-bond acceptors (Lipinski definition) is 8. The molecule has 0 rings (SSSR count). The summed E-state index contributed by atoms with van der Waals surface area (Å²) < 4.78 is 57.2. The van der Waals surface area contributed by atoms with E-state index in [0.29, 0.717) is 0 Å². The fourth-order valence-electron chi connectivity index (χ4n) is 1.85. The van der Waals surface area contributed by atoms with E-state index in [1.807, 2.05) is 27.7 Å². The van der Waals surface area contributed by atoms with E-state index in [0.717, 1.165) is 6.26 Å². The number of rotatable bonds is 8. The second kappa shape index (κ2) is 11.6. The first-order chi connectivity index (χ1) is 10.0. The molecule has 0 saturated carbocycles. The van der Waals surface area contributed by atoms with Crippen LogP contribution in [0.25, 0.3) is 0 Å². The fraction of sp³-hybridized carbons (Fsp3) is 1.00. The van der Waals surface area contributed by atoms with E-state index >= 15 is 0 Å². The zero-order chi connectivity index (χ0) is 18.6. The van der Waals surface area contributed by atoms with Crippen molar-refractivity contribution in [2.75, 3.05) is 19.4 Å². The Balaban J connectivity index is -0.00000242. The zero-order valence-electron chi connectivity index (χ0n) is 16.7. The maximum atomic E-state index is 12.0. The molecule has 0 aromatic rings. The van der Waals surface area contributed by atoms with Gasteiger partial charge >= 0.3 is 29.6 Å². The molecule has 2 atom stereocenters. The van der Waals surface area contributed by atoms with Crippen LogP contribution in [-0.2, 0) is 38.3 Å². The molecule has 8 nitrogen and oxygen atoms in total. The second-order valence-electron chi connectivity index (χ2n) is 7.72. The van der Waals surface area contributed by atoms with Crippen LogP contribution in [0, 0.1) is 5.41 Å². The molecule has 0 amide bonds. The average Bonchev–Trinajstić information content (AvgIpc) is 2.27. The van der Waals surface area contributed by atoms with Crippen molar-refractivity contribution in [3.8, 4) is 0 Å². The van der Waals surface area contributed by atoms with Crippen LogP contribution in [-0.4, -0.2) is 55.4 Å². The van der Waals surface area contributed by atoms with Crippen LogP contribution in [0.4, 0.5) is 0 Å². The van der Waals surface area contributed by atoms with Crippen molar-refractivity contribution in [1.82, 2.24) is 4.31 Å². The van der Waals surface area contributed by atoms with Crippen molar-refractivity contribution >= 4 is 21.0 Å². The van der Waals surface area contributed by atoms with E-state index in [1.165, 1.54) is 4.31 Å². The quantitative estimate of drug-likeness (QED) is 0.368. The van der Waals surface area contributed by atoms with Crippen LogP contribution < -0.4 is 29.6 Å². The minimum absolute atomic E-state index is 0. The Kier molecular flexibility index (Phi) is 14.1. The van der Waals surface area contributed by atoms with Gasteiger partial charge in [-0.2, -0.15) is 4.31 Å². The minimum atomic E-state index is -3.48. The molecule has 1 N–H and O–H groups in total. The van der Waals surface area contributed by atoms with Crippen LogP contribution in [0.15, 0.2) is 0 Å². The molecule has 0 heterocycles. The Morgan fingerprint density at radius 2 is 1.52 bits per heavy atom. The van der Waals surface area contributed by atoms with E-state index < -0.39 is 32.7 Å². The van der Waals surface area contributed by atoms with E-state index in [-0.39, 0.29) is 59.7 Å². The molecular weight excluding hydrogens is 381 g/mol. The van der Waals surface area contributed by atoms with E-state index in [1.54, 1.807) is 20.8 Å². The summed E-state index contributed by atoms with van der Waals surface area (Å²) in [4.78, 5) is 0. The Hall–Kier alpha value is 0.740. The van der Waals surface area contributed by atoms with Crippen molar-refractivity contribution in [3.05, 3.63) is 0 Å². The van der Waals surface area contributed by atoms with E-state index in [9.17, 15) is 16.8 Å². The standard InChI is InChI=1S/C14H30NO6S2.Na.H2O/c1-11(13(2,3)4)21-12(10-20-22(16)17)9-15(14(5,6)7)23(8,18)19;;/h11-12H,9-10H2,1-8H3;;1H2/q-1;+1;/p-1/t11-,12-;;/m0../s1. The number of sulfonamides is 1. The Bertz CT molecular complexity index is 543. The van der Waals surface area contributed by atoms with Crippen LogP contribution in [0.1, 0.15) is 48.5 Å². The molecule has 0 aliphatic carbocycles. The Morgan fingerprint density at radius 1 is 1.08 bits per heavy atom. The largest absolute Gasteiger partial charge is 1.00 e. The van der Waals surface area contributed by atoms with Gasteiger partial charge in [0.25, 0.3) is 0 Å². The third-order valence-corrected chi connectivity index (χ3v) is 5.31. The Labute approximate surface area is 176 Å². The zero-order valence-corrected chi connectivity index (χ0v) is 20.4. The summed E-state index contributed by atoms with van der Waals surface area (Å²) in [6, 6.07) is 0. The van der Waals surface area contributed by atoms with E-state index in [2.05, 4.69) is 4.18 Å². The number of ether oxygens (including phenoxy) is 1. The first kappa shape index (κ1) is 30.5. The molecule has 0 aliphatic rings. The van der Waals surface area contributed by atoms with Crippen molar-refractivity contribution in [3.63, 3.8) is 0 Å². The molecule has 0 aliphatic heterocycles. The third-order valence-electron chi connectivity index (χ3n) is 3.48. The predicted octanol–water partition coefficient (Wildman–Crippen LogP) is -1.07. The third kappa shape index (κ3) is 12.7. The summed E-state index contributed by atoms with van der Waals surface area (Å²) in [7, 11) is -6.16. The number of nitrogens with zero attached hydrogens (tertiary/aromatic N) is 1. The molecular formula is C14H31NNaO7S2-. The van der Waals surface area contributed by atoms with Gasteiger partial charge in [-0.15, -0.1) is 0 Å². The molecule has 0 saturated heterocycles. The average molecular weight is 413 g/mol. The first-order valence-corrected chi connectivity index (χ1v) is 10.3. The van der Waals surface area contributed by atoms with Gasteiger partial charge in [0.05, 0.1) is 36.1 Å². The molecule has 25 heavy (non-hydrogen) atoms. The predicted molar refractivity (Wildman–Crippen MR) is 91.7 cm³/mol. The van der Waals surface area contributed by atoms with Gasteiger partial charge in [-0.3, -0.25) is 0 Å². The Morgan fingerprint density at radius 3 is 1.80 bits per heavy atom. The van der Waals surface area contributed by atoms with Gasteiger partial charge in [0.15, 0.2) is 0 Å². The molecule has 0 unspecified atom stereocenters. The second-order valence-corrected chi connectivity index (χ2v) is 10.3. The van der Waals surface area contributed by atoms with Gasteiger partial charge in [-0.25, -0.2) is 8.42 Å². The summed E-state index contributed by atoms with van der Waals surface area (Å²) in [5, 5.41) is 0. The fourth-order valence-corrected chi connectivity index (χ4v) is 3.55. The summed E-state index contributed by atoms with van der Waals surface area (Å²) in [6.45, 7) is 12.9. The maximum absolute atomic E-state index is 12.0. The maximum Gasteiger partial charge on any atom is 1.00 e. The molecule has 0 aromatic carbocycles. The smallest absolute Gasteiger partial charge is 0.870 e. The van der Waals surface area contributed by atoms with Crippen LogP contribution in [0.5, 0.6) is 0 Å². The van der Waals surface area contributed by atoms with Gasteiger partial charge in [-0.05, 0) is 33.1 Å². The first-order valence-electron chi connectivity index (χ1n) is 7.41. The van der Waals surface area contributed by atoms with E-state index in [4.69, 9.17) is 4.74 Å². The molecule has 0 spiro atoms. The normalized spacial score (nSPS) is 15.4. The van der Waals surface area contributed by atoms with Gasteiger partial charge in [0, 0.05) is 12.1 Å². The SMILES string of the molecule is C[C@H](O[C@H](CO[S-](=O)=O)CN(C(C)(C)C)S(C)(=O)=O)C(C)(C)C.[Na+].[OH-]. The van der Waals surface area contributed by atoms with Crippen LogP contribution in [0.2, 0.25) is 0 Å². The summed E-state index contributed by atoms with van der Waals surface area (Å²) in [6.07, 6.45) is 0.211. The minimum Gasteiger partial charge on any atom is -0.870 e. The van der Waals surface area contributed by atoms with Crippen molar-refractivity contribution in [2.24, 2.45) is 5.41 Å². The topological polar surface area (TPSA) is 120 Å². The van der Waals surface area contributed by atoms with Gasteiger partial charge < -0.3 is 22.8 Å². The number of hydrogen-bond donors (Lipinski definition) is 0. The van der Waals surface area contributed by atoms with Crippen LogP contribution >= 0.6 is 0 Å². The molecule has 148 valence electrons. The molecule has 0 radical (unpaired) electrons. The van der Waals surface area contributed by atoms with Gasteiger partial charge in [0.1, 0.15) is 0 Å². The summed E-state index contributed by atoms with van der Waals surface area (Å²) >= 11 is 0. The van der Waals surface area contributed by atoms with Gasteiger partial charge in [-0.1, -0.05) is 20.8 Å².